The van der Waals surface area contributed by atoms with Gasteiger partial charge in [-0.05, 0) is 48.7 Å². The summed E-state index contributed by atoms with van der Waals surface area (Å²) in [5, 5.41) is 4.53. The number of amides is 1. The van der Waals surface area contributed by atoms with Gasteiger partial charge in [-0.3, -0.25) is 4.79 Å². The Morgan fingerprint density at radius 2 is 1.95 bits per heavy atom. The second kappa shape index (κ2) is 7.61. The topological polar surface area (TPSA) is 50.7 Å². The quantitative estimate of drug-likeness (QED) is 0.678. The SMILES string of the molecule is Cc1cccc(OCC(=O)NN=Cc2ccc(Cl)cc2)c1C. The van der Waals surface area contributed by atoms with Gasteiger partial charge in [0.1, 0.15) is 5.75 Å². The van der Waals surface area contributed by atoms with Gasteiger partial charge in [0.05, 0.1) is 6.21 Å². The molecule has 0 saturated carbocycles. The predicted octanol–water partition coefficient (Wildman–Crippen LogP) is 3.49. The van der Waals surface area contributed by atoms with E-state index in [0.29, 0.717) is 10.8 Å². The molecule has 0 saturated heterocycles. The molecule has 5 heteroatoms. The van der Waals surface area contributed by atoms with Crippen LogP contribution in [-0.2, 0) is 4.79 Å². The zero-order chi connectivity index (χ0) is 15.9. The molecule has 0 aliphatic carbocycles. The van der Waals surface area contributed by atoms with Crippen LogP contribution >= 0.6 is 11.6 Å². The molecule has 2 rings (SSSR count). The van der Waals surface area contributed by atoms with E-state index in [2.05, 4.69) is 10.5 Å². The minimum atomic E-state index is -0.314. The van der Waals surface area contributed by atoms with Gasteiger partial charge in [0.2, 0.25) is 0 Å². The van der Waals surface area contributed by atoms with E-state index in [1.165, 1.54) is 0 Å². The third-order valence-electron chi connectivity index (χ3n) is 3.19. The summed E-state index contributed by atoms with van der Waals surface area (Å²) in [5.74, 6) is 0.392. The molecule has 0 fully saturated rings. The Kier molecular flexibility index (Phi) is 5.55. The molecule has 4 nitrogen and oxygen atoms in total. The standard InChI is InChI=1S/C17H17ClN2O2/c1-12-4-3-5-16(13(12)2)22-11-17(21)20-19-10-14-6-8-15(18)9-7-14/h3-10H,11H2,1-2H3,(H,20,21). The highest BCUT2D eigenvalue weighted by molar-refractivity contribution is 6.30. The highest BCUT2D eigenvalue weighted by atomic mass is 35.5. The van der Waals surface area contributed by atoms with Gasteiger partial charge in [-0.2, -0.15) is 5.10 Å². The van der Waals surface area contributed by atoms with E-state index >= 15 is 0 Å². The number of nitrogens with zero attached hydrogens (tertiary/aromatic N) is 1. The van der Waals surface area contributed by atoms with Crippen LogP contribution in [-0.4, -0.2) is 18.7 Å². The Morgan fingerprint density at radius 1 is 1.23 bits per heavy atom. The lowest BCUT2D eigenvalue weighted by atomic mass is 10.1. The Morgan fingerprint density at radius 3 is 2.68 bits per heavy atom. The summed E-state index contributed by atoms with van der Waals surface area (Å²) in [7, 11) is 0. The van der Waals surface area contributed by atoms with E-state index in [1.54, 1.807) is 18.3 Å². The second-order valence-electron chi connectivity index (χ2n) is 4.83. The minimum absolute atomic E-state index is 0.0811. The van der Waals surface area contributed by atoms with Crippen LogP contribution in [0.1, 0.15) is 16.7 Å². The normalized spacial score (nSPS) is 10.7. The second-order valence-corrected chi connectivity index (χ2v) is 5.27. The van der Waals surface area contributed by atoms with Gasteiger partial charge in [0, 0.05) is 5.02 Å². The van der Waals surface area contributed by atoms with Crippen molar-refractivity contribution in [2.24, 2.45) is 5.10 Å². The van der Waals surface area contributed by atoms with E-state index in [-0.39, 0.29) is 12.5 Å². The zero-order valence-corrected chi connectivity index (χ0v) is 13.2. The van der Waals surface area contributed by atoms with Gasteiger partial charge >= 0.3 is 0 Å². The molecule has 114 valence electrons. The lowest BCUT2D eigenvalue weighted by Crippen LogP contribution is -2.24. The molecule has 0 atom stereocenters. The van der Waals surface area contributed by atoms with Gasteiger partial charge < -0.3 is 4.74 Å². The van der Waals surface area contributed by atoms with E-state index < -0.39 is 0 Å². The molecule has 0 aromatic heterocycles. The maximum Gasteiger partial charge on any atom is 0.277 e. The number of benzene rings is 2. The average molecular weight is 317 g/mol. The molecule has 0 aliphatic heterocycles. The highest BCUT2D eigenvalue weighted by Gasteiger charge is 2.05. The number of carbonyl (C=O) groups is 1. The van der Waals surface area contributed by atoms with Gasteiger partial charge in [0.25, 0.3) is 5.91 Å². The highest BCUT2D eigenvalue weighted by Crippen LogP contribution is 2.20. The van der Waals surface area contributed by atoms with Gasteiger partial charge in [-0.1, -0.05) is 35.9 Å². The number of rotatable bonds is 5. The first-order chi connectivity index (χ1) is 10.6. The first kappa shape index (κ1) is 16.0. The van der Waals surface area contributed by atoms with Crippen LogP contribution in [0.25, 0.3) is 0 Å². The van der Waals surface area contributed by atoms with Crippen molar-refractivity contribution in [2.45, 2.75) is 13.8 Å². The van der Waals surface area contributed by atoms with E-state index in [1.807, 2.05) is 44.2 Å². The van der Waals surface area contributed by atoms with Crippen LogP contribution in [0.5, 0.6) is 5.75 Å². The summed E-state index contributed by atoms with van der Waals surface area (Å²) in [6.07, 6.45) is 1.55. The third kappa shape index (κ3) is 4.60. The Balaban J connectivity index is 1.83. The summed E-state index contributed by atoms with van der Waals surface area (Å²) in [5.41, 5.74) is 5.42. The molecule has 2 aromatic rings. The number of aryl methyl sites for hydroxylation is 1. The van der Waals surface area contributed by atoms with Gasteiger partial charge in [-0.15, -0.1) is 0 Å². The lowest BCUT2D eigenvalue weighted by Gasteiger charge is -2.09. The number of hydrazone groups is 1. The van der Waals surface area contributed by atoms with Crippen LogP contribution in [0.3, 0.4) is 0 Å². The summed E-state index contributed by atoms with van der Waals surface area (Å²) in [4.78, 5) is 11.7. The van der Waals surface area contributed by atoms with Crippen molar-refractivity contribution in [2.75, 3.05) is 6.61 Å². The van der Waals surface area contributed by atoms with Gasteiger partial charge in [-0.25, -0.2) is 5.43 Å². The number of ether oxygens (including phenoxy) is 1. The largest absolute Gasteiger partial charge is 0.483 e. The molecule has 22 heavy (non-hydrogen) atoms. The molecule has 0 spiro atoms. The first-order valence-electron chi connectivity index (χ1n) is 6.83. The van der Waals surface area contributed by atoms with Crippen molar-refractivity contribution < 1.29 is 9.53 Å². The van der Waals surface area contributed by atoms with Crippen molar-refractivity contribution in [1.29, 1.82) is 0 Å². The van der Waals surface area contributed by atoms with Gasteiger partial charge in [0.15, 0.2) is 6.61 Å². The van der Waals surface area contributed by atoms with E-state index in [0.717, 1.165) is 16.7 Å². The molecule has 0 unspecified atom stereocenters. The Labute approximate surface area is 134 Å². The summed E-state index contributed by atoms with van der Waals surface area (Å²) in [6, 6.07) is 12.9. The number of halogens is 1. The fourth-order valence-electron chi connectivity index (χ4n) is 1.78. The van der Waals surface area contributed by atoms with Crippen molar-refractivity contribution in [1.82, 2.24) is 5.43 Å². The molecule has 1 N–H and O–H groups in total. The number of carbonyl (C=O) groups excluding carboxylic acids is 1. The fourth-order valence-corrected chi connectivity index (χ4v) is 1.91. The van der Waals surface area contributed by atoms with Crippen molar-refractivity contribution in [3.8, 4) is 5.75 Å². The maximum absolute atomic E-state index is 11.7. The molecular weight excluding hydrogens is 300 g/mol. The van der Waals surface area contributed by atoms with Crippen LogP contribution in [0.15, 0.2) is 47.6 Å². The van der Waals surface area contributed by atoms with Crippen molar-refractivity contribution in [3.63, 3.8) is 0 Å². The van der Waals surface area contributed by atoms with E-state index in [9.17, 15) is 4.79 Å². The molecular formula is C17H17ClN2O2. The monoisotopic (exact) mass is 316 g/mol. The first-order valence-corrected chi connectivity index (χ1v) is 7.20. The maximum atomic E-state index is 11.7. The molecule has 2 aromatic carbocycles. The molecule has 1 amide bonds. The molecule has 0 aliphatic rings. The van der Waals surface area contributed by atoms with Crippen LogP contribution < -0.4 is 10.2 Å². The summed E-state index contributed by atoms with van der Waals surface area (Å²) in [6.45, 7) is 3.88. The number of hydrogen-bond donors (Lipinski definition) is 1. The summed E-state index contributed by atoms with van der Waals surface area (Å²) < 4.78 is 5.49. The summed E-state index contributed by atoms with van der Waals surface area (Å²) >= 11 is 5.79. The molecule has 0 radical (unpaired) electrons. The smallest absolute Gasteiger partial charge is 0.277 e. The minimum Gasteiger partial charge on any atom is -0.483 e. The van der Waals surface area contributed by atoms with Crippen molar-refractivity contribution in [3.05, 3.63) is 64.2 Å². The number of nitrogens with one attached hydrogen (secondary N) is 1. The Hall–Kier alpha value is -2.33. The van der Waals surface area contributed by atoms with Crippen molar-refractivity contribution >= 4 is 23.7 Å². The zero-order valence-electron chi connectivity index (χ0n) is 12.5. The van der Waals surface area contributed by atoms with E-state index in [4.69, 9.17) is 16.3 Å². The molecule has 0 bridgehead atoms. The third-order valence-corrected chi connectivity index (χ3v) is 3.44. The number of hydrogen-bond acceptors (Lipinski definition) is 3. The fraction of sp³-hybridized carbons (Fsp3) is 0.176. The van der Waals surface area contributed by atoms with Crippen LogP contribution in [0.2, 0.25) is 5.02 Å². The van der Waals surface area contributed by atoms with Crippen LogP contribution in [0, 0.1) is 13.8 Å². The Bertz CT molecular complexity index is 682. The lowest BCUT2D eigenvalue weighted by molar-refractivity contribution is -0.123. The van der Waals surface area contributed by atoms with Crippen LogP contribution in [0.4, 0.5) is 0 Å². The average Bonchev–Trinajstić information content (AvgIpc) is 2.51. The predicted molar refractivity (Wildman–Crippen MR) is 88.6 cm³/mol. The molecule has 0 heterocycles.